The van der Waals surface area contributed by atoms with E-state index in [1.807, 2.05) is 7.05 Å². The number of hydrogen-bond acceptors (Lipinski definition) is 3. The third-order valence-electron chi connectivity index (χ3n) is 5.82. The van der Waals surface area contributed by atoms with E-state index >= 15 is 0 Å². The summed E-state index contributed by atoms with van der Waals surface area (Å²) in [4.78, 5) is 6.92. The van der Waals surface area contributed by atoms with Crippen molar-refractivity contribution in [1.82, 2.24) is 15.5 Å². The van der Waals surface area contributed by atoms with Crippen molar-refractivity contribution in [3.8, 4) is 0 Å². The van der Waals surface area contributed by atoms with Crippen molar-refractivity contribution < 1.29 is 4.74 Å². The number of ether oxygens (including phenoxy) is 1. The summed E-state index contributed by atoms with van der Waals surface area (Å²) in [5, 5.41) is 7.10. The van der Waals surface area contributed by atoms with E-state index in [-0.39, 0.29) is 29.5 Å². The summed E-state index contributed by atoms with van der Waals surface area (Å²) >= 11 is 0. The summed E-state index contributed by atoms with van der Waals surface area (Å²) in [6, 6.07) is 0. The van der Waals surface area contributed by atoms with E-state index in [2.05, 4.69) is 41.3 Å². The van der Waals surface area contributed by atoms with Crippen LogP contribution in [0, 0.1) is 5.41 Å². The molecule has 0 aromatic heterocycles. The molecular formula is C18H37IN4O. The van der Waals surface area contributed by atoms with Crippen molar-refractivity contribution in [1.29, 1.82) is 0 Å². The first-order chi connectivity index (χ1) is 11.0. The average molecular weight is 452 g/mol. The molecule has 1 saturated heterocycles. The van der Waals surface area contributed by atoms with Crippen molar-refractivity contribution in [2.24, 2.45) is 10.4 Å². The fraction of sp³-hybridized carbons (Fsp3) is 0.944. The lowest BCUT2D eigenvalue weighted by Gasteiger charge is -2.41. The highest BCUT2D eigenvalue weighted by Gasteiger charge is 2.32. The van der Waals surface area contributed by atoms with Gasteiger partial charge >= 0.3 is 0 Å². The fourth-order valence-electron chi connectivity index (χ4n) is 3.85. The normalized spacial score (nSPS) is 22.1. The first-order valence-electron chi connectivity index (χ1n) is 9.29. The Hall–Kier alpha value is -0.0800. The lowest BCUT2D eigenvalue weighted by atomic mass is 9.83. The molecule has 1 saturated carbocycles. The summed E-state index contributed by atoms with van der Waals surface area (Å²) < 4.78 is 5.46. The van der Waals surface area contributed by atoms with E-state index in [9.17, 15) is 0 Å². The van der Waals surface area contributed by atoms with Crippen LogP contribution in [0.4, 0.5) is 0 Å². The highest BCUT2D eigenvalue weighted by molar-refractivity contribution is 14.0. The van der Waals surface area contributed by atoms with Gasteiger partial charge in [0.2, 0.25) is 0 Å². The lowest BCUT2D eigenvalue weighted by molar-refractivity contribution is -0.00835. The molecule has 0 aromatic carbocycles. The molecule has 1 aliphatic carbocycles. The Labute approximate surface area is 165 Å². The van der Waals surface area contributed by atoms with Gasteiger partial charge < -0.3 is 15.4 Å². The Morgan fingerprint density at radius 1 is 1.17 bits per heavy atom. The van der Waals surface area contributed by atoms with Crippen molar-refractivity contribution in [3.05, 3.63) is 0 Å². The van der Waals surface area contributed by atoms with Gasteiger partial charge in [0.15, 0.2) is 5.96 Å². The van der Waals surface area contributed by atoms with Crippen molar-refractivity contribution in [3.63, 3.8) is 0 Å². The van der Waals surface area contributed by atoms with Crippen LogP contribution in [0.1, 0.15) is 52.9 Å². The summed E-state index contributed by atoms with van der Waals surface area (Å²) in [6.45, 7) is 12.6. The third kappa shape index (κ3) is 6.02. The monoisotopic (exact) mass is 452 g/mol. The molecule has 0 aromatic rings. The maximum atomic E-state index is 5.46. The largest absolute Gasteiger partial charge is 0.379 e. The molecule has 2 aliphatic rings. The number of nitrogens with one attached hydrogen (secondary N) is 2. The Bertz CT molecular complexity index is 388. The molecule has 1 heterocycles. The molecule has 1 aliphatic heterocycles. The Morgan fingerprint density at radius 2 is 1.79 bits per heavy atom. The second kappa shape index (κ2) is 10.2. The molecule has 0 spiro atoms. The van der Waals surface area contributed by atoms with E-state index < -0.39 is 0 Å². The molecule has 6 heteroatoms. The van der Waals surface area contributed by atoms with Crippen molar-refractivity contribution in [2.75, 3.05) is 46.4 Å². The van der Waals surface area contributed by atoms with Gasteiger partial charge in [-0.1, -0.05) is 19.8 Å². The van der Waals surface area contributed by atoms with Gasteiger partial charge in [-0.25, -0.2) is 0 Å². The van der Waals surface area contributed by atoms with E-state index in [1.54, 1.807) is 0 Å². The number of halogens is 1. The fourth-order valence-corrected chi connectivity index (χ4v) is 3.85. The van der Waals surface area contributed by atoms with Crippen molar-refractivity contribution in [2.45, 2.75) is 58.4 Å². The molecule has 0 bridgehead atoms. The number of nitrogens with zero attached hydrogens (tertiary/aromatic N) is 2. The molecule has 142 valence electrons. The number of hydrogen-bond donors (Lipinski definition) is 2. The van der Waals surface area contributed by atoms with E-state index in [4.69, 9.17) is 4.74 Å². The molecule has 24 heavy (non-hydrogen) atoms. The zero-order valence-electron chi connectivity index (χ0n) is 16.0. The smallest absolute Gasteiger partial charge is 0.191 e. The molecular weight excluding hydrogens is 415 g/mol. The summed E-state index contributed by atoms with van der Waals surface area (Å²) in [5.74, 6) is 0.936. The zero-order valence-corrected chi connectivity index (χ0v) is 18.3. The topological polar surface area (TPSA) is 48.9 Å². The maximum Gasteiger partial charge on any atom is 0.191 e. The summed E-state index contributed by atoms with van der Waals surface area (Å²) in [6.07, 6.45) is 6.73. The van der Waals surface area contributed by atoms with Crippen LogP contribution in [0.25, 0.3) is 0 Å². The predicted molar refractivity (Wildman–Crippen MR) is 112 cm³/mol. The molecule has 2 N–H and O–H groups in total. The van der Waals surface area contributed by atoms with Crippen LogP contribution < -0.4 is 10.6 Å². The minimum atomic E-state index is 0. The van der Waals surface area contributed by atoms with Gasteiger partial charge in [0, 0.05) is 38.8 Å². The van der Waals surface area contributed by atoms with Gasteiger partial charge in [-0.15, -0.1) is 24.0 Å². The number of guanidine groups is 1. The number of rotatable bonds is 6. The van der Waals surface area contributed by atoms with Crippen LogP contribution in [0.2, 0.25) is 0 Å². The van der Waals surface area contributed by atoms with Crippen LogP contribution in [0.15, 0.2) is 4.99 Å². The predicted octanol–water partition coefficient (Wildman–Crippen LogP) is 2.85. The average Bonchev–Trinajstić information content (AvgIpc) is 3.05. The van der Waals surface area contributed by atoms with Crippen molar-refractivity contribution >= 4 is 29.9 Å². The summed E-state index contributed by atoms with van der Waals surface area (Å²) in [5.41, 5.74) is 0.592. The minimum Gasteiger partial charge on any atom is -0.379 e. The second-order valence-electron chi connectivity index (χ2n) is 7.75. The maximum absolute atomic E-state index is 5.46. The molecule has 2 rings (SSSR count). The van der Waals surface area contributed by atoms with Gasteiger partial charge in [-0.2, -0.15) is 0 Å². The van der Waals surface area contributed by atoms with Crippen LogP contribution in [0.3, 0.4) is 0 Å². The molecule has 2 fully saturated rings. The van der Waals surface area contributed by atoms with Crippen LogP contribution in [-0.2, 0) is 4.74 Å². The highest BCUT2D eigenvalue weighted by atomic mass is 127. The Balaban J connectivity index is 0.00000288. The van der Waals surface area contributed by atoms with Crippen LogP contribution in [0.5, 0.6) is 0 Å². The van der Waals surface area contributed by atoms with Gasteiger partial charge in [0.05, 0.1) is 13.2 Å². The van der Waals surface area contributed by atoms with Gasteiger partial charge in [0.25, 0.3) is 0 Å². The van der Waals surface area contributed by atoms with Gasteiger partial charge in [-0.05, 0) is 38.5 Å². The minimum absolute atomic E-state index is 0. The van der Waals surface area contributed by atoms with E-state index in [0.29, 0.717) is 5.41 Å². The Kier molecular flexibility index (Phi) is 9.30. The first kappa shape index (κ1) is 22.0. The SMILES string of the molecule is CCC1(CNC(=NC)NCC(C)(C)N2CCOCC2)CCCC1.I. The van der Waals surface area contributed by atoms with Crippen LogP contribution in [-0.4, -0.2) is 62.8 Å². The summed E-state index contributed by atoms with van der Waals surface area (Å²) in [7, 11) is 1.87. The standard InChI is InChI=1S/C18H36N4O.HI/c1-5-18(8-6-7-9-18)15-21-16(19-4)20-14-17(2,3)22-10-12-23-13-11-22;/h5-15H2,1-4H3,(H2,19,20,21);1H. The third-order valence-corrected chi connectivity index (χ3v) is 5.82. The first-order valence-corrected chi connectivity index (χ1v) is 9.29. The van der Waals surface area contributed by atoms with Crippen LogP contribution >= 0.6 is 24.0 Å². The molecule has 5 nitrogen and oxygen atoms in total. The highest BCUT2D eigenvalue weighted by Crippen LogP contribution is 2.40. The zero-order chi connectivity index (χ0) is 16.8. The second-order valence-corrected chi connectivity index (χ2v) is 7.75. The molecule has 0 amide bonds. The van der Waals surface area contributed by atoms with E-state index in [0.717, 1.165) is 45.4 Å². The lowest BCUT2D eigenvalue weighted by Crippen LogP contribution is -2.56. The number of morpholine rings is 1. The molecule has 0 radical (unpaired) electrons. The Morgan fingerprint density at radius 3 is 2.33 bits per heavy atom. The van der Waals surface area contributed by atoms with Gasteiger partial charge in [-0.3, -0.25) is 9.89 Å². The number of aliphatic imine (C=N–C) groups is 1. The molecule has 0 unspecified atom stereocenters. The van der Waals surface area contributed by atoms with E-state index in [1.165, 1.54) is 32.1 Å². The van der Waals surface area contributed by atoms with Gasteiger partial charge in [0.1, 0.15) is 0 Å². The quantitative estimate of drug-likeness (QED) is 0.370. The molecule has 0 atom stereocenters.